The van der Waals surface area contributed by atoms with Gasteiger partial charge in [0.2, 0.25) is 0 Å². The van der Waals surface area contributed by atoms with Gasteiger partial charge in [-0.3, -0.25) is 4.40 Å². The van der Waals surface area contributed by atoms with E-state index in [1.54, 1.807) is 24.3 Å². The zero-order chi connectivity index (χ0) is 14.0. The lowest BCUT2D eigenvalue weighted by molar-refractivity contribution is -0.0329. The molecule has 0 radical (unpaired) electrons. The molecule has 0 aliphatic heterocycles. The van der Waals surface area contributed by atoms with Gasteiger partial charge in [-0.25, -0.2) is 0 Å². The average molecular weight is 413 g/mol. The second-order valence-electron chi connectivity index (χ2n) is 3.46. The van der Waals surface area contributed by atoms with Crippen molar-refractivity contribution in [1.29, 1.82) is 0 Å². The van der Waals surface area contributed by atoms with Crippen molar-refractivity contribution >= 4 is 49.1 Å². The van der Waals surface area contributed by atoms with Crippen LogP contribution in [0, 0.1) is 11.8 Å². The Morgan fingerprint density at radius 2 is 2.05 bits per heavy atom. The minimum absolute atomic E-state index is 0.0726. The van der Waals surface area contributed by atoms with Crippen LogP contribution in [0.3, 0.4) is 0 Å². The van der Waals surface area contributed by atoms with Gasteiger partial charge < -0.3 is 0 Å². The summed E-state index contributed by atoms with van der Waals surface area (Å²) in [4.78, 5) is 0. The number of nitrogens with zero attached hydrogens (tertiary/aromatic N) is 1. The standard InChI is InChI=1S/C12H6Br2F3NS/c13-6-2-3-8-7-9-4-1-5-10(14)18(9)11(8)19-12(15,16)17/h1,4-5,7H,6H2. The molecule has 0 saturated carbocycles. The van der Waals surface area contributed by atoms with Crippen molar-refractivity contribution in [3.8, 4) is 11.8 Å². The van der Waals surface area contributed by atoms with Crippen LogP contribution in [-0.4, -0.2) is 15.2 Å². The van der Waals surface area contributed by atoms with Crippen LogP contribution in [0.25, 0.3) is 5.52 Å². The summed E-state index contributed by atoms with van der Waals surface area (Å²) in [6.07, 6.45) is 0. The van der Waals surface area contributed by atoms with E-state index in [4.69, 9.17) is 0 Å². The molecule has 2 aromatic heterocycles. The lowest BCUT2D eigenvalue weighted by Crippen LogP contribution is -2.02. The number of hydrogen-bond acceptors (Lipinski definition) is 1. The summed E-state index contributed by atoms with van der Waals surface area (Å²) in [6, 6.07) is 6.84. The molecular weight excluding hydrogens is 407 g/mol. The number of aromatic nitrogens is 1. The van der Waals surface area contributed by atoms with Gasteiger partial charge in [0.05, 0.1) is 15.5 Å². The number of hydrogen-bond donors (Lipinski definition) is 0. The third-order valence-electron chi connectivity index (χ3n) is 2.20. The largest absolute Gasteiger partial charge is 0.447 e. The quantitative estimate of drug-likeness (QED) is 0.274. The molecule has 0 saturated heterocycles. The smallest absolute Gasteiger partial charge is 0.297 e. The number of pyridine rings is 1. The maximum atomic E-state index is 12.7. The molecule has 0 aliphatic rings. The molecule has 0 spiro atoms. The van der Waals surface area contributed by atoms with Gasteiger partial charge in [0.15, 0.2) is 0 Å². The normalized spacial score (nSPS) is 11.4. The minimum atomic E-state index is -4.35. The van der Waals surface area contributed by atoms with E-state index in [0.29, 0.717) is 21.0 Å². The molecule has 2 aromatic rings. The van der Waals surface area contributed by atoms with Crippen LogP contribution < -0.4 is 0 Å². The molecule has 0 aliphatic carbocycles. The van der Waals surface area contributed by atoms with E-state index in [0.717, 1.165) is 0 Å². The Labute approximate surface area is 128 Å². The number of fused-ring (bicyclic) bond motifs is 1. The van der Waals surface area contributed by atoms with Gasteiger partial charge in [-0.15, -0.1) is 0 Å². The lowest BCUT2D eigenvalue weighted by atomic mass is 10.3. The van der Waals surface area contributed by atoms with Gasteiger partial charge in [-0.1, -0.05) is 33.8 Å². The van der Waals surface area contributed by atoms with Crippen molar-refractivity contribution in [3.05, 3.63) is 34.4 Å². The Morgan fingerprint density at radius 1 is 1.32 bits per heavy atom. The average Bonchev–Trinajstić information content (AvgIpc) is 2.64. The van der Waals surface area contributed by atoms with E-state index in [1.807, 2.05) is 0 Å². The predicted molar refractivity (Wildman–Crippen MR) is 77.7 cm³/mol. The second-order valence-corrected chi connectivity index (χ2v) is 5.88. The van der Waals surface area contributed by atoms with Crippen molar-refractivity contribution in [2.24, 2.45) is 0 Å². The van der Waals surface area contributed by atoms with Gasteiger partial charge in [0, 0.05) is 17.3 Å². The fourth-order valence-corrected chi connectivity index (χ4v) is 3.11. The summed E-state index contributed by atoms with van der Waals surface area (Å²) in [5.74, 6) is 5.47. The van der Waals surface area contributed by atoms with Crippen molar-refractivity contribution in [2.45, 2.75) is 10.5 Å². The summed E-state index contributed by atoms with van der Waals surface area (Å²) in [5, 5.41) is 0.486. The van der Waals surface area contributed by atoms with Crippen LogP contribution in [0.4, 0.5) is 13.2 Å². The first kappa shape index (κ1) is 14.8. The van der Waals surface area contributed by atoms with Crippen LogP contribution >= 0.6 is 43.6 Å². The predicted octanol–water partition coefficient (Wildman–Crippen LogP) is 5.06. The zero-order valence-corrected chi connectivity index (χ0v) is 13.3. The Hall–Kier alpha value is -0.580. The topological polar surface area (TPSA) is 4.41 Å². The van der Waals surface area contributed by atoms with E-state index >= 15 is 0 Å². The molecule has 2 heterocycles. The number of thioether (sulfide) groups is 1. The Kier molecular flexibility index (Phi) is 4.54. The van der Waals surface area contributed by atoms with E-state index in [9.17, 15) is 13.2 Å². The fourth-order valence-electron chi connectivity index (χ4n) is 1.58. The molecule has 1 nitrogen and oxygen atoms in total. The molecule has 0 aromatic carbocycles. The van der Waals surface area contributed by atoms with Gasteiger partial charge >= 0.3 is 5.51 Å². The minimum Gasteiger partial charge on any atom is -0.297 e. The molecule has 0 bridgehead atoms. The molecule has 0 N–H and O–H groups in total. The van der Waals surface area contributed by atoms with Gasteiger partial charge in [0.25, 0.3) is 0 Å². The summed E-state index contributed by atoms with van der Waals surface area (Å²) >= 11 is 6.24. The van der Waals surface area contributed by atoms with Gasteiger partial charge in [0.1, 0.15) is 5.03 Å². The van der Waals surface area contributed by atoms with Gasteiger partial charge in [-0.2, -0.15) is 13.2 Å². The molecule has 100 valence electrons. The van der Waals surface area contributed by atoms with E-state index in [-0.39, 0.29) is 16.8 Å². The van der Waals surface area contributed by atoms with Crippen LogP contribution in [-0.2, 0) is 0 Å². The summed E-state index contributed by atoms with van der Waals surface area (Å²) in [7, 11) is 0. The second kappa shape index (κ2) is 5.81. The first-order valence-electron chi connectivity index (χ1n) is 5.03. The third kappa shape index (κ3) is 3.50. The molecule has 7 heteroatoms. The maximum absolute atomic E-state index is 12.7. The first-order chi connectivity index (χ1) is 8.92. The van der Waals surface area contributed by atoms with Crippen molar-refractivity contribution in [2.75, 3.05) is 5.33 Å². The van der Waals surface area contributed by atoms with Gasteiger partial charge in [-0.05, 0) is 34.1 Å². The summed E-state index contributed by atoms with van der Waals surface area (Å²) in [6.45, 7) is 0. The van der Waals surface area contributed by atoms with Crippen LogP contribution in [0.1, 0.15) is 5.56 Å². The summed E-state index contributed by atoms with van der Waals surface area (Å²) < 4.78 is 40.0. The van der Waals surface area contributed by atoms with E-state index < -0.39 is 5.51 Å². The summed E-state index contributed by atoms with van der Waals surface area (Å²) in [5.41, 5.74) is -3.32. The van der Waals surface area contributed by atoms with Crippen molar-refractivity contribution in [3.63, 3.8) is 0 Å². The highest BCUT2D eigenvalue weighted by Crippen LogP contribution is 2.40. The lowest BCUT2D eigenvalue weighted by Gasteiger charge is -2.08. The fraction of sp³-hybridized carbons (Fsp3) is 0.167. The SMILES string of the molecule is FC(F)(F)Sc1c(C#CCBr)cc2cccc(Br)n12. The van der Waals surface area contributed by atoms with Crippen molar-refractivity contribution in [1.82, 2.24) is 4.40 Å². The molecule has 0 fully saturated rings. The third-order valence-corrected chi connectivity index (χ3v) is 3.93. The molecule has 19 heavy (non-hydrogen) atoms. The Bertz CT molecular complexity index is 667. The monoisotopic (exact) mass is 411 g/mol. The maximum Gasteiger partial charge on any atom is 0.447 e. The molecule has 0 amide bonds. The zero-order valence-electron chi connectivity index (χ0n) is 9.26. The molecular formula is C12H6Br2F3NS. The highest BCUT2D eigenvalue weighted by atomic mass is 79.9. The van der Waals surface area contributed by atoms with Crippen LogP contribution in [0.2, 0.25) is 0 Å². The first-order valence-corrected chi connectivity index (χ1v) is 7.76. The Morgan fingerprint density at radius 3 is 2.68 bits per heavy atom. The Balaban J connectivity index is 2.67. The number of halogens is 5. The number of alkyl halides is 4. The molecule has 2 rings (SSSR count). The van der Waals surface area contributed by atoms with E-state index in [2.05, 4.69) is 43.7 Å². The highest BCUT2D eigenvalue weighted by molar-refractivity contribution is 9.10. The highest BCUT2D eigenvalue weighted by Gasteiger charge is 2.32. The van der Waals surface area contributed by atoms with Crippen LogP contribution in [0.15, 0.2) is 33.9 Å². The van der Waals surface area contributed by atoms with E-state index in [1.165, 1.54) is 4.40 Å². The molecule has 0 unspecified atom stereocenters. The number of rotatable bonds is 1. The van der Waals surface area contributed by atoms with Crippen molar-refractivity contribution < 1.29 is 13.2 Å². The molecule has 0 atom stereocenters. The van der Waals surface area contributed by atoms with Crippen LogP contribution in [0.5, 0.6) is 0 Å².